The fraction of sp³-hybridized carbons (Fsp3) is 0.333. The summed E-state index contributed by atoms with van der Waals surface area (Å²) in [7, 11) is 0. The maximum absolute atomic E-state index is 5.56. The topological polar surface area (TPSA) is 54.0 Å². The predicted octanol–water partition coefficient (Wildman–Crippen LogP) is -0.459. The second kappa shape index (κ2) is 2.00. The van der Waals surface area contributed by atoms with Crippen molar-refractivity contribution >= 4 is 11.9 Å². The molecule has 0 radical (unpaired) electrons. The number of allylic oxidation sites excluding steroid dienone is 1. The Morgan fingerprint density at radius 2 is 2.60 bits per heavy atom. The van der Waals surface area contributed by atoms with Gasteiger partial charge in [-0.1, -0.05) is 0 Å². The van der Waals surface area contributed by atoms with E-state index in [1.165, 1.54) is 0 Å². The van der Waals surface area contributed by atoms with Gasteiger partial charge in [0, 0.05) is 6.21 Å². The summed E-state index contributed by atoms with van der Waals surface area (Å²) in [5, 5.41) is 1.61. The molecule has 2 aliphatic heterocycles. The van der Waals surface area contributed by atoms with Gasteiger partial charge in [-0.05, 0) is 12.2 Å². The lowest BCUT2D eigenvalue weighted by Crippen LogP contribution is -2.39. The van der Waals surface area contributed by atoms with Crippen LogP contribution < -0.4 is 5.84 Å². The molecule has 2 aliphatic rings. The van der Waals surface area contributed by atoms with Crippen molar-refractivity contribution < 1.29 is 0 Å². The number of hydrogen-bond donors (Lipinski definition) is 1. The van der Waals surface area contributed by atoms with Gasteiger partial charge in [0.2, 0.25) is 0 Å². The molecule has 0 bridgehead atoms. The molecule has 0 fully saturated rings. The van der Waals surface area contributed by atoms with Gasteiger partial charge in [-0.15, -0.1) is 0 Å². The zero-order valence-corrected chi connectivity index (χ0v) is 5.44. The Morgan fingerprint density at radius 1 is 1.70 bits per heavy atom. The molecule has 0 saturated heterocycles. The molecule has 4 heteroatoms. The van der Waals surface area contributed by atoms with Gasteiger partial charge >= 0.3 is 0 Å². The van der Waals surface area contributed by atoms with Crippen molar-refractivity contribution in [3.05, 3.63) is 12.2 Å². The van der Waals surface area contributed by atoms with E-state index in [2.05, 4.69) is 9.98 Å². The summed E-state index contributed by atoms with van der Waals surface area (Å²) in [6, 6.07) is 0. The maximum Gasteiger partial charge on any atom is 0.158 e. The molecule has 0 aromatic heterocycles. The standard InChI is InChI=1S/C6H8N4/c7-10-4-9-5-2-1-3-8-6(5)10/h1-3,6H,4,7H2. The second-order valence-corrected chi connectivity index (χ2v) is 2.27. The molecule has 0 aromatic carbocycles. The van der Waals surface area contributed by atoms with Crippen LogP contribution in [0.25, 0.3) is 0 Å². The molecule has 52 valence electrons. The molecule has 0 amide bonds. The van der Waals surface area contributed by atoms with Crippen molar-refractivity contribution in [3.8, 4) is 0 Å². The van der Waals surface area contributed by atoms with Gasteiger partial charge in [-0.25, -0.2) is 0 Å². The molecule has 2 heterocycles. The Balaban J connectivity index is 2.30. The summed E-state index contributed by atoms with van der Waals surface area (Å²) < 4.78 is 0. The van der Waals surface area contributed by atoms with Crippen molar-refractivity contribution in [1.29, 1.82) is 0 Å². The normalized spacial score (nSPS) is 30.5. The number of dihydropyridines is 1. The largest absolute Gasteiger partial charge is 0.269 e. The van der Waals surface area contributed by atoms with Crippen LogP contribution in [0.3, 0.4) is 0 Å². The van der Waals surface area contributed by atoms with Crippen LogP contribution in [-0.4, -0.2) is 29.8 Å². The molecule has 2 rings (SSSR count). The highest BCUT2D eigenvalue weighted by molar-refractivity contribution is 6.05. The van der Waals surface area contributed by atoms with E-state index in [0.717, 1.165) is 5.71 Å². The van der Waals surface area contributed by atoms with Crippen molar-refractivity contribution in [3.63, 3.8) is 0 Å². The highest BCUT2D eigenvalue weighted by atomic mass is 15.5. The van der Waals surface area contributed by atoms with Gasteiger partial charge in [0.25, 0.3) is 0 Å². The second-order valence-electron chi connectivity index (χ2n) is 2.27. The smallest absolute Gasteiger partial charge is 0.158 e. The molecule has 0 aromatic rings. The third-order valence-electron chi connectivity index (χ3n) is 1.58. The first-order valence-electron chi connectivity index (χ1n) is 3.13. The third kappa shape index (κ3) is 0.698. The Morgan fingerprint density at radius 3 is 3.40 bits per heavy atom. The summed E-state index contributed by atoms with van der Waals surface area (Å²) in [4.78, 5) is 8.29. The minimum absolute atomic E-state index is 0.0231. The molecule has 0 spiro atoms. The molecule has 4 nitrogen and oxygen atoms in total. The summed E-state index contributed by atoms with van der Waals surface area (Å²) >= 11 is 0. The summed E-state index contributed by atoms with van der Waals surface area (Å²) in [6.45, 7) is 0.557. The molecule has 2 N–H and O–H groups in total. The average Bonchev–Trinajstić information content (AvgIpc) is 2.34. The Labute approximate surface area is 58.7 Å². The van der Waals surface area contributed by atoms with Crippen LogP contribution in [0, 0.1) is 0 Å². The Kier molecular flexibility index (Phi) is 1.15. The van der Waals surface area contributed by atoms with Crippen LogP contribution in [0.2, 0.25) is 0 Å². The van der Waals surface area contributed by atoms with Gasteiger partial charge in [-0.2, -0.15) is 5.01 Å². The van der Waals surface area contributed by atoms with Crippen molar-refractivity contribution in [2.24, 2.45) is 15.8 Å². The molecule has 10 heavy (non-hydrogen) atoms. The quantitative estimate of drug-likeness (QED) is 0.458. The first-order chi connectivity index (χ1) is 4.88. The fourth-order valence-electron chi connectivity index (χ4n) is 1.07. The Bertz CT molecular complexity index is 228. The molecule has 1 unspecified atom stereocenters. The number of nitrogens with two attached hydrogens (primary N) is 1. The van der Waals surface area contributed by atoms with E-state index < -0.39 is 0 Å². The van der Waals surface area contributed by atoms with Crippen LogP contribution >= 0.6 is 0 Å². The van der Waals surface area contributed by atoms with E-state index in [-0.39, 0.29) is 6.17 Å². The van der Waals surface area contributed by atoms with Gasteiger partial charge in [0.1, 0.15) is 6.67 Å². The predicted molar refractivity (Wildman–Crippen MR) is 39.7 cm³/mol. The van der Waals surface area contributed by atoms with E-state index >= 15 is 0 Å². The SMILES string of the molecule is NN1CN=C2C=CC=NC21. The van der Waals surface area contributed by atoms with E-state index in [1.807, 2.05) is 12.2 Å². The van der Waals surface area contributed by atoms with Gasteiger partial charge in [0.15, 0.2) is 6.17 Å². The Hall–Kier alpha value is -1.00. The first kappa shape index (κ1) is 5.76. The number of rotatable bonds is 0. The number of hydrazine groups is 1. The van der Waals surface area contributed by atoms with Crippen LogP contribution in [0.15, 0.2) is 22.1 Å². The van der Waals surface area contributed by atoms with E-state index in [1.54, 1.807) is 11.2 Å². The third-order valence-corrected chi connectivity index (χ3v) is 1.58. The number of aliphatic imine (C=N–C) groups is 2. The molecule has 0 saturated carbocycles. The van der Waals surface area contributed by atoms with Crippen LogP contribution in [0.1, 0.15) is 0 Å². The lowest BCUT2D eigenvalue weighted by molar-refractivity contribution is 0.287. The number of fused-ring (bicyclic) bond motifs is 1. The van der Waals surface area contributed by atoms with Gasteiger partial charge in [0.05, 0.1) is 5.71 Å². The highest BCUT2D eigenvalue weighted by Crippen LogP contribution is 2.10. The highest BCUT2D eigenvalue weighted by Gasteiger charge is 2.24. The number of hydrogen-bond acceptors (Lipinski definition) is 4. The van der Waals surface area contributed by atoms with Crippen molar-refractivity contribution in [1.82, 2.24) is 5.01 Å². The summed E-state index contributed by atoms with van der Waals surface area (Å²) in [5.41, 5.74) is 0.963. The van der Waals surface area contributed by atoms with Crippen molar-refractivity contribution in [2.75, 3.05) is 6.67 Å². The van der Waals surface area contributed by atoms with Gasteiger partial charge < -0.3 is 0 Å². The molecular formula is C6H8N4. The van der Waals surface area contributed by atoms with E-state index in [0.29, 0.717) is 6.67 Å². The van der Waals surface area contributed by atoms with E-state index in [4.69, 9.17) is 5.84 Å². The molecule has 1 atom stereocenters. The zero-order valence-electron chi connectivity index (χ0n) is 5.44. The first-order valence-corrected chi connectivity index (χ1v) is 3.13. The monoisotopic (exact) mass is 136 g/mol. The van der Waals surface area contributed by atoms with Gasteiger partial charge in [-0.3, -0.25) is 15.8 Å². The minimum atomic E-state index is -0.0231. The van der Waals surface area contributed by atoms with E-state index in [9.17, 15) is 0 Å². The minimum Gasteiger partial charge on any atom is -0.269 e. The van der Waals surface area contributed by atoms with Crippen LogP contribution in [0.5, 0.6) is 0 Å². The molecule has 0 aliphatic carbocycles. The average molecular weight is 136 g/mol. The van der Waals surface area contributed by atoms with Crippen LogP contribution in [-0.2, 0) is 0 Å². The van der Waals surface area contributed by atoms with Crippen LogP contribution in [0.4, 0.5) is 0 Å². The van der Waals surface area contributed by atoms with Crippen molar-refractivity contribution in [2.45, 2.75) is 6.17 Å². The molecular weight excluding hydrogens is 128 g/mol. The lowest BCUT2D eigenvalue weighted by Gasteiger charge is -2.15. The number of nitrogens with zero attached hydrogens (tertiary/aromatic N) is 3. The summed E-state index contributed by atoms with van der Waals surface area (Å²) in [5.74, 6) is 5.56. The summed E-state index contributed by atoms with van der Waals surface area (Å²) in [6.07, 6.45) is 5.53. The fourth-order valence-corrected chi connectivity index (χ4v) is 1.07. The maximum atomic E-state index is 5.56. The lowest BCUT2D eigenvalue weighted by atomic mass is 10.2. The zero-order chi connectivity index (χ0) is 6.97.